The third-order valence-corrected chi connectivity index (χ3v) is 3.92. The Morgan fingerprint density at radius 2 is 2.04 bits per heavy atom. The molecule has 0 unspecified atom stereocenters. The number of nitro benzene ring substituents is 1. The number of nitrogens with zero attached hydrogens (tertiary/aromatic N) is 2. The van der Waals surface area contributed by atoms with Gasteiger partial charge < -0.3 is 5.32 Å². The lowest BCUT2D eigenvalue weighted by molar-refractivity contribution is -0.383. The molecule has 1 N–H and O–H groups in total. The number of rotatable bonds is 6. The van der Waals surface area contributed by atoms with Crippen LogP contribution in [-0.4, -0.2) is 29.3 Å². The van der Waals surface area contributed by atoms with Crippen LogP contribution in [0.15, 0.2) is 36.4 Å². The van der Waals surface area contributed by atoms with Crippen molar-refractivity contribution in [3.63, 3.8) is 0 Å². The third kappa shape index (κ3) is 5.12. The Kier molecular flexibility index (Phi) is 6.30. The zero-order valence-corrected chi connectivity index (χ0v) is 14.6. The zero-order chi connectivity index (χ0) is 18.6. The van der Waals surface area contributed by atoms with Gasteiger partial charge >= 0.3 is 0 Å². The average molecular weight is 386 g/mol. The third-order valence-electron chi connectivity index (χ3n) is 3.33. The van der Waals surface area contributed by atoms with E-state index in [1.54, 1.807) is 18.0 Å². The molecule has 132 valence electrons. The van der Waals surface area contributed by atoms with Crippen LogP contribution in [0.4, 0.5) is 15.8 Å². The first kappa shape index (κ1) is 19.1. The number of hydrogen-bond acceptors (Lipinski definition) is 4. The Morgan fingerprint density at radius 1 is 1.32 bits per heavy atom. The minimum Gasteiger partial charge on any atom is -0.319 e. The van der Waals surface area contributed by atoms with E-state index in [-0.39, 0.29) is 40.1 Å². The zero-order valence-electron chi connectivity index (χ0n) is 13.1. The average Bonchev–Trinajstić information content (AvgIpc) is 2.52. The second-order valence-electron chi connectivity index (χ2n) is 5.34. The maximum Gasteiger partial charge on any atom is 0.294 e. The van der Waals surface area contributed by atoms with E-state index in [0.717, 1.165) is 6.07 Å². The van der Waals surface area contributed by atoms with Gasteiger partial charge in [0.2, 0.25) is 5.91 Å². The summed E-state index contributed by atoms with van der Waals surface area (Å²) in [5, 5.41) is 13.9. The molecule has 2 rings (SSSR count). The van der Waals surface area contributed by atoms with Gasteiger partial charge in [-0.2, -0.15) is 0 Å². The van der Waals surface area contributed by atoms with Gasteiger partial charge in [0.05, 0.1) is 11.5 Å². The molecule has 2 aromatic carbocycles. The molecule has 0 aliphatic heterocycles. The number of hydrogen-bond donors (Lipinski definition) is 1. The van der Waals surface area contributed by atoms with Gasteiger partial charge in [-0.25, -0.2) is 4.39 Å². The topological polar surface area (TPSA) is 75.5 Å². The Balaban J connectivity index is 2.04. The molecular weight excluding hydrogens is 372 g/mol. The monoisotopic (exact) mass is 385 g/mol. The number of halogens is 3. The number of carbonyl (C=O) groups excluding carboxylic acids is 1. The fourth-order valence-corrected chi connectivity index (χ4v) is 2.59. The van der Waals surface area contributed by atoms with E-state index < -0.39 is 16.6 Å². The molecule has 0 heterocycles. The van der Waals surface area contributed by atoms with Crippen molar-refractivity contribution in [3.8, 4) is 0 Å². The summed E-state index contributed by atoms with van der Waals surface area (Å²) in [6, 6.07) is 8.28. The molecule has 0 bridgehead atoms. The standard InChI is InChI=1S/C16H14Cl2FN3O3/c1-21(8-11-12(18)3-2-4-13(11)19)9-16(23)20-14-6-5-10(17)7-15(14)22(24)25/h2-7H,8-9H2,1H3,(H,20,23). The summed E-state index contributed by atoms with van der Waals surface area (Å²) in [5.74, 6) is -0.950. The summed E-state index contributed by atoms with van der Waals surface area (Å²) >= 11 is 11.7. The van der Waals surface area contributed by atoms with Gasteiger partial charge in [-0.3, -0.25) is 19.8 Å². The lowest BCUT2D eigenvalue weighted by Crippen LogP contribution is -2.30. The van der Waals surface area contributed by atoms with Gasteiger partial charge in [-0.1, -0.05) is 29.3 Å². The predicted molar refractivity (Wildman–Crippen MR) is 94.5 cm³/mol. The minimum atomic E-state index is -0.635. The van der Waals surface area contributed by atoms with Gasteiger partial charge in [0.15, 0.2) is 0 Å². The van der Waals surface area contributed by atoms with Crippen molar-refractivity contribution in [2.24, 2.45) is 0 Å². The molecule has 2 aromatic rings. The summed E-state index contributed by atoms with van der Waals surface area (Å²) in [6.07, 6.45) is 0. The molecule has 0 fully saturated rings. The number of carbonyl (C=O) groups is 1. The van der Waals surface area contributed by atoms with Gasteiger partial charge in [-0.15, -0.1) is 0 Å². The van der Waals surface area contributed by atoms with E-state index in [9.17, 15) is 19.3 Å². The number of likely N-dealkylation sites (N-methyl/N-ethyl adjacent to an activating group) is 1. The quantitative estimate of drug-likeness (QED) is 0.599. The van der Waals surface area contributed by atoms with Crippen LogP contribution in [0.1, 0.15) is 5.56 Å². The van der Waals surface area contributed by atoms with E-state index in [0.29, 0.717) is 0 Å². The molecule has 9 heteroatoms. The van der Waals surface area contributed by atoms with Crippen molar-refractivity contribution in [2.45, 2.75) is 6.54 Å². The van der Waals surface area contributed by atoms with Gasteiger partial charge in [0.25, 0.3) is 5.69 Å². The highest BCUT2D eigenvalue weighted by atomic mass is 35.5. The number of anilines is 1. The fraction of sp³-hybridized carbons (Fsp3) is 0.188. The first-order valence-electron chi connectivity index (χ1n) is 7.13. The fourth-order valence-electron chi connectivity index (χ4n) is 2.21. The van der Waals surface area contributed by atoms with Crippen LogP contribution in [0.3, 0.4) is 0 Å². The molecular formula is C16H14Cl2FN3O3. The Hall–Kier alpha value is -2.22. The van der Waals surface area contributed by atoms with Crippen molar-refractivity contribution >= 4 is 40.5 Å². The normalized spacial score (nSPS) is 10.8. The van der Waals surface area contributed by atoms with E-state index in [4.69, 9.17) is 23.2 Å². The molecule has 0 saturated carbocycles. The van der Waals surface area contributed by atoms with Crippen LogP contribution in [0, 0.1) is 15.9 Å². The first-order valence-corrected chi connectivity index (χ1v) is 7.88. The molecule has 0 spiro atoms. The van der Waals surface area contributed by atoms with E-state index in [2.05, 4.69) is 5.32 Å². The molecule has 0 aromatic heterocycles. The van der Waals surface area contributed by atoms with E-state index in [1.165, 1.54) is 24.3 Å². The summed E-state index contributed by atoms with van der Waals surface area (Å²) in [4.78, 5) is 24.0. The lowest BCUT2D eigenvalue weighted by atomic mass is 10.2. The number of nitrogens with one attached hydrogen (secondary N) is 1. The minimum absolute atomic E-state index is 0.0386. The molecule has 6 nitrogen and oxygen atoms in total. The van der Waals surface area contributed by atoms with Crippen LogP contribution < -0.4 is 5.32 Å². The van der Waals surface area contributed by atoms with Crippen LogP contribution in [0.5, 0.6) is 0 Å². The molecule has 0 aliphatic carbocycles. The van der Waals surface area contributed by atoms with Gasteiger partial charge in [0, 0.05) is 28.2 Å². The molecule has 0 atom stereocenters. The SMILES string of the molecule is CN(CC(=O)Nc1ccc(Cl)cc1[N+](=O)[O-])Cc1c(F)cccc1Cl. The van der Waals surface area contributed by atoms with Crippen molar-refractivity contribution in [1.82, 2.24) is 4.90 Å². The van der Waals surface area contributed by atoms with Crippen molar-refractivity contribution in [1.29, 1.82) is 0 Å². The first-order chi connectivity index (χ1) is 11.8. The highest BCUT2D eigenvalue weighted by Crippen LogP contribution is 2.27. The maximum absolute atomic E-state index is 13.8. The second kappa shape index (κ2) is 8.24. The van der Waals surface area contributed by atoms with Gasteiger partial charge in [0.1, 0.15) is 11.5 Å². The van der Waals surface area contributed by atoms with Crippen molar-refractivity contribution in [2.75, 3.05) is 18.9 Å². The van der Waals surface area contributed by atoms with E-state index >= 15 is 0 Å². The van der Waals surface area contributed by atoms with E-state index in [1.807, 2.05) is 0 Å². The van der Waals surface area contributed by atoms with Crippen LogP contribution >= 0.6 is 23.2 Å². The smallest absolute Gasteiger partial charge is 0.294 e. The molecule has 0 saturated heterocycles. The summed E-state index contributed by atoms with van der Waals surface area (Å²) in [7, 11) is 1.61. The largest absolute Gasteiger partial charge is 0.319 e. The highest BCUT2D eigenvalue weighted by molar-refractivity contribution is 6.31. The van der Waals surface area contributed by atoms with Crippen LogP contribution in [0.2, 0.25) is 10.0 Å². The Bertz CT molecular complexity index is 797. The summed E-state index contributed by atoms with van der Waals surface area (Å²) in [6.45, 7) is 0.00603. The van der Waals surface area contributed by atoms with Gasteiger partial charge in [-0.05, 0) is 31.3 Å². The number of amides is 1. The second-order valence-corrected chi connectivity index (χ2v) is 6.18. The number of benzene rings is 2. The van der Waals surface area contributed by atoms with Crippen LogP contribution in [0.25, 0.3) is 0 Å². The molecule has 25 heavy (non-hydrogen) atoms. The number of nitro groups is 1. The molecule has 1 amide bonds. The highest BCUT2D eigenvalue weighted by Gasteiger charge is 2.18. The summed E-state index contributed by atoms with van der Waals surface area (Å²) < 4.78 is 13.8. The summed E-state index contributed by atoms with van der Waals surface area (Å²) in [5.41, 5.74) is 0.00863. The van der Waals surface area contributed by atoms with Crippen LogP contribution in [-0.2, 0) is 11.3 Å². The van der Waals surface area contributed by atoms with Crippen molar-refractivity contribution < 1.29 is 14.1 Å². The predicted octanol–water partition coefficient (Wildman–Crippen LogP) is 4.11. The van der Waals surface area contributed by atoms with Crippen molar-refractivity contribution in [3.05, 3.63) is 67.9 Å². The Labute approximate surface area is 153 Å². The molecule has 0 radical (unpaired) electrons. The Morgan fingerprint density at radius 3 is 2.68 bits per heavy atom. The maximum atomic E-state index is 13.8. The lowest BCUT2D eigenvalue weighted by Gasteiger charge is -2.17. The molecule has 0 aliphatic rings.